The van der Waals surface area contributed by atoms with Crippen LogP contribution in [0.2, 0.25) is 0 Å². The van der Waals surface area contributed by atoms with Crippen molar-refractivity contribution in [2.75, 3.05) is 11.9 Å². The molecule has 2 aromatic rings. The first-order valence-electron chi connectivity index (χ1n) is 6.96. The lowest BCUT2D eigenvalue weighted by molar-refractivity contribution is -0.112. The third kappa shape index (κ3) is 2.89. The van der Waals surface area contributed by atoms with Gasteiger partial charge in [0.15, 0.2) is 6.10 Å². The van der Waals surface area contributed by atoms with Crippen LogP contribution in [0.1, 0.15) is 32.9 Å². The molecule has 1 aliphatic rings. The third-order valence-corrected chi connectivity index (χ3v) is 4.19. The van der Waals surface area contributed by atoms with Crippen molar-refractivity contribution >= 4 is 33.0 Å². The van der Waals surface area contributed by atoms with Gasteiger partial charge in [0.05, 0.1) is 18.4 Å². The lowest BCUT2D eigenvalue weighted by Crippen LogP contribution is -2.26. The Morgan fingerprint density at radius 2 is 2.36 bits per heavy atom. The number of rotatable bonds is 4. The average molecular weight is 322 g/mol. The molecule has 3 rings (SSSR count). The van der Waals surface area contributed by atoms with Gasteiger partial charge >= 0.3 is 0 Å². The van der Waals surface area contributed by atoms with E-state index in [2.05, 4.69) is 41.3 Å². The van der Waals surface area contributed by atoms with Crippen LogP contribution in [0.15, 0.2) is 11.4 Å². The van der Waals surface area contributed by atoms with E-state index in [1.54, 1.807) is 4.52 Å². The fourth-order valence-electron chi connectivity index (χ4n) is 2.02. The summed E-state index contributed by atoms with van der Waals surface area (Å²) in [5, 5.41) is 12.0. The number of hydrogen-bond acceptors (Lipinski definition) is 7. The number of imidazole rings is 1. The number of primary amides is 1. The number of nitrogens with zero attached hydrogens (tertiary/aromatic N) is 4. The van der Waals surface area contributed by atoms with Gasteiger partial charge in [-0.3, -0.25) is 4.79 Å². The van der Waals surface area contributed by atoms with E-state index in [-0.39, 0.29) is 17.2 Å². The molecule has 0 spiro atoms. The van der Waals surface area contributed by atoms with Gasteiger partial charge < -0.3 is 15.9 Å². The Morgan fingerprint density at radius 3 is 2.95 bits per heavy atom. The van der Waals surface area contributed by atoms with Crippen molar-refractivity contribution in [1.82, 2.24) is 14.6 Å². The Kier molecular flexibility index (Phi) is 3.51. The standard InChI is InChI=1S/C13H18N6O2S/c1-13(2,3)9-6-19-12(16-9)22-11(17-19)15-5-7-4-8(10(14)20)18-21-7/h6-7H,4-5H2,1-3H3,(H2,14,20)(H,15,17). The van der Waals surface area contributed by atoms with Crippen LogP contribution in [0.25, 0.3) is 4.96 Å². The van der Waals surface area contributed by atoms with E-state index >= 15 is 0 Å². The first-order chi connectivity index (χ1) is 10.3. The second-order valence-electron chi connectivity index (χ2n) is 6.23. The van der Waals surface area contributed by atoms with Crippen molar-refractivity contribution < 1.29 is 9.63 Å². The Bertz CT molecular complexity index is 710. The molecule has 0 radical (unpaired) electrons. The van der Waals surface area contributed by atoms with E-state index in [9.17, 15) is 4.79 Å². The molecule has 9 heteroatoms. The molecule has 1 unspecified atom stereocenters. The molecule has 3 N–H and O–H groups in total. The third-order valence-electron chi connectivity index (χ3n) is 3.31. The molecule has 2 aromatic heterocycles. The number of nitrogens with one attached hydrogen (secondary N) is 1. The van der Waals surface area contributed by atoms with Crippen LogP contribution < -0.4 is 11.1 Å². The Labute approximate surface area is 131 Å². The molecule has 118 valence electrons. The molecular formula is C13H18N6O2S. The largest absolute Gasteiger partial charge is 0.390 e. The predicted octanol–water partition coefficient (Wildman–Crippen LogP) is 1.13. The number of amides is 1. The van der Waals surface area contributed by atoms with E-state index in [0.29, 0.717) is 13.0 Å². The quantitative estimate of drug-likeness (QED) is 0.877. The second-order valence-corrected chi connectivity index (χ2v) is 7.18. The first kappa shape index (κ1) is 14.8. The number of aromatic nitrogens is 3. The van der Waals surface area contributed by atoms with Crippen LogP contribution in [0, 0.1) is 0 Å². The minimum Gasteiger partial charge on any atom is -0.390 e. The van der Waals surface area contributed by atoms with E-state index in [0.717, 1.165) is 15.8 Å². The van der Waals surface area contributed by atoms with Crippen molar-refractivity contribution in [1.29, 1.82) is 0 Å². The topological polar surface area (TPSA) is 107 Å². The predicted molar refractivity (Wildman–Crippen MR) is 84.2 cm³/mol. The molecule has 8 nitrogen and oxygen atoms in total. The molecule has 0 saturated heterocycles. The number of hydrogen-bond donors (Lipinski definition) is 2. The van der Waals surface area contributed by atoms with Gasteiger partial charge in [0.1, 0.15) is 5.71 Å². The van der Waals surface area contributed by atoms with Crippen LogP contribution in [0.3, 0.4) is 0 Å². The minimum absolute atomic E-state index is 0.00119. The summed E-state index contributed by atoms with van der Waals surface area (Å²) >= 11 is 1.47. The van der Waals surface area contributed by atoms with Gasteiger partial charge in [-0.25, -0.2) is 9.50 Å². The maximum atomic E-state index is 11.0. The van der Waals surface area contributed by atoms with Crippen molar-refractivity contribution in [2.24, 2.45) is 10.9 Å². The summed E-state index contributed by atoms with van der Waals surface area (Å²) in [6, 6.07) is 0. The fourth-order valence-corrected chi connectivity index (χ4v) is 2.81. The highest BCUT2D eigenvalue weighted by atomic mass is 32.1. The molecular weight excluding hydrogens is 304 g/mol. The van der Waals surface area contributed by atoms with E-state index in [1.807, 2.05) is 6.20 Å². The molecule has 0 saturated carbocycles. The van der Waals surface area contributed by atoms with E-state index in [4.69, 9.17) is 10.6 Å². The molecule has 22 heavy (non-hydrogen) atoms. The highest BCUT2D eigenvalue weighted by Crippen LogP contribution is 2.25. The minimum atomic E-state index is -0.537. The average Bonchev–Trinajstić information content (AvgIpc) is 3.09. The Hall–Kier alpha value is -2.16. The molecule has 0 fully saturated rings. The summed E-state index contributed by atoms with van der Waals surface area (Å²) in [7, 11) is 0. The van der Waals surface area contributed by atoms with Crippen LogP contribution in [-0.4, -0.2) is 38.9 Å². The number of anilines is 1. The number of carbonyl (C=O) groups excluding carboxylic acids is 1. The number of carbonyl (C=O) groups is 1. The zero-order chi connectivity index (χ0) is 15.9. The van der Waals surface area contributed by atoms with Crippen molar-refractivity contribution in [3.8, 4) is 0 Å². The highest BCUT2D eigenvalue weighted by molar-refractivity contribution is 7.20. The van der Waals surface area contributed by atoms with Gasteiger partial charge in [-0.1, -0.05) is 37.3 Å². The van der Waals surface area contributed by atoms with Gasteiger partial charge in [-0.05, 0) is 0 Å². The van der Waals surface area contributed by atoms with Crippen molar-refractivity contribution in [3.05, 3.63) is 11.9 Å². The smallest absolute Gasteiger partial charge is 0.266 e. The van der Waals surface area contributed by atoms with Crippen molar-refractivity contribution in [3.63, 3.8) is 0 Å². The molecule has 3 heterocycles. The summed E-state index contributed by atoms with van der Waals surface area (Å²) in [6.07, 6.45) is 2.15. The van der Waals surface area contributed by atoms with E-state index < -0.39 is 5.91 Å². The SMILES string of the molecule is CC(C)(C)c1cn2nc(NCC3CC(C(N)=O)=NO3)sc2n1. The monoisotopic (exact) mass is 322 g/mol. The summed E-state index contributed by atoms with van der Waals surface area (Å²) in [6.45, 7) is 6.86. The number of nitrogens with two attached hydrogens (primary N) is 1. The second kappa shape index (κ2) is 5.24. The van der Waals surface area contributed by atoms with Crippen LogP contribution in [0.4, 0.5) is 5.13 Å². The molecule has 1 atom stereocenters. The first-order valence-corrected chi connectivity index (χ1v) is 7.77. The summed E-state index contributed by atoms with van der Waals surface area (Å²) in [5.41, 5.74) is 6.45. The fraction of sp³-hybridized carbons (Fsp3) is 0.538. The molecule has 1 amide bonds. The maximum absolute atomic E-state index is 11.0. The molecule has 0 bridgehead atoms. The van der Waals surface area contributed by atoms with Gasteiger partial charge in [-0.2, -0.15) is 0 Å². The lowest BCUT2D eigenvalue weighted by atomic mass is 9.93. The maximum Gasteiger partial charge on any atom is 0.266 e. The summed E-state index contributed by atoms with van der Waals surface area (Å²) in [5.74, 6) is -0.537. The zero-order valence-electron chi connectivity index (χ0n) is 12.7. The van der Waals surface area contributed by atoms with Crippen molar-refractivity contribution in [2.45, 2.75) is 38.7 Å². The number of oxime groups is 1. The van der Waals surface area contributed by atoms with Gasteiger partial charge in [0.2, 0.25) is 10.1 Å². The Morgan fingerprint density at radius 1 is 1.59 bits per heavy atom. The molecule has 1 aliphatic heterocycles. The van der Waals surface area contributed by atoms with Gasteiger partial charge in [0, 0.05) is 11.8 Å². The van der Waals surface area contributed by atoms with Crippen LogP contribution >= 0.6 is 11.3 Å². The Balaban J connectivity index is 1.61. The summed E-state index contributed by atoms with van der Waals surface area (Å²) < 4.78 is 1.77. The van der Waals surface area contributed by atoms with Gasteiger partial charge in [0.25, 0.3) is 5.91 Å². The summed E-state index contributed by atoms with van der Waals surface area (Å²) in [4.78, 5) is 21.6. The zero-order valence-corrected chi connectivity index (χ0v) is 13.5. The van der Waals surface area contributed by atoms with Gasteiger partial charge in [-0.15, -0.1) is 5.10 Å². The van der Waals surface area contributed by atoms with Crippen LogP contribution in [-0.2, 0) is 15.0 Å². The van der Waals surface area contributed by atoms with Crippen LogP contribution in [0.5, 0.6) is 0 Å². The van der Waals surface area contributed by atoms with E-state index in [1.165, 1.54) is 11.3 Å². The molecule has 0 aliphatic carbocycles. The normalized spacial score (nSPS) is 18.3. The number of fused-ring (bicyclic) bond motifs is 1. The lowest BCUT2D eigenvalue weighted by Gasteiger charge is -2.13. The highest BCUT2D eigenvalue weighted by Gasteiger charge is 2.25. The molecule has 0 aromatic carbocycles.